The van der Waals surface area contributed by atoms with Gasteiger partial charge in [-0.3, -0.25) is 14.6 Å². The van der Waals surface area contributed by atoms with Crippen molar-refractivity contribution in [2.75, 3.05) is 6.54 Å². The standard InChI is InChI=1S/C12H10N2O3/c15-11(16)7-14-12(17)9-5-8-3-1-2-4-10(8)13-6-9/h1-6H,7H2,(H,14,17)(H,15,16). The van der Waals surface area contributed by atoms with Gasteiger partial charge >= 0.3 is 5.97 Å². The van der Waals surface area contributed by atoms with Crippen molar-refractivity contribution in [3.8, 4) is 0 Å². The van der Waals surface area contributed by atoms with Crippen LogP contribution in [0.3, 0.4) is 0 Å². The van der Waals surface area contributed by atoms with Gasteiger partial charge in [-0.2, -0.15) is 0 Å². The summed E-state index contributed by atoms with van der Waals surface area (Å²) >= 11 is 0. The number of pyridine rings is 1. The number of nitrogens with zero attached hydrogens (tertiary/aromatic N) is 1. The van der Waals surface area contributed by atoms with Gasteiger partial charge < -0.3 is 10.4 Å². The predicted molar refractivity (Wildman–Crippen MR) is 61.7 cm³/mol. The van der Waals surface area contributed by atoms with Gasteiger partial charge in [0.05, 0.1) is 11.1 Å². The lowest BCUT2D eigenvalue weighted by molar-refractivity contribution is -0.135. The van der Waals surface area contributed by atoms with E-state index in [-0.39, 0.29) is 0 Å². The zero-order valence-electron chi connectivity index (χ0n) is 8.88. The van der Waals surface area contributed by atoms with Crippen molar-refractivity contribution >= 4 is 22.8 Å². The van der Waals surface area contributed by atoms with Gasteiger partial charge in [0.15, 0.2) is 0 Å². The maximum atomic E-state index is 11.6. The molecule has 1 amide bonds. The first kappa shape index (κ1) is 11.1. The number of benzene rings is 1. The number of aliphatic carboxylic acids is 1. The molecule has 2 rings (SSSR count). The molecule has 0 bridgehead atoms. The number of nitrogens with one attached hydrogen (secondary N) is 1. The van der Waals surface area contributed by atoms with E-state index in [2.05, 4.69) is 10.3 Å². The lowest BCUT2D eigenvalue weighted by atomic mass is 10.1. The highest BCUT2D eigenvalue weighted by atomic mass is 16.4. The summed E-state index contributed by atoms with van der Waals surface area (Å²) in [5.41, 5.74) is 1.15. The zero-order chi connectivity index (χ0) is 12.3. The van der Waals surface area contributed by atoms with E-state index in [9.17, 15) is 9.59 Å². The fourth-order valence-corrected chi connectivity index (χ4v) is 1.45. The number of carboxylic acid groups (broad SMARTS) is 1. The van der Waals surface area contributed by atoms with Crippen LogP contribution in [0.5, 0.6) is 0 Å². The van der Waals surface area contributed by atoms with Crippen molar-refractivity contribution in [3.05, 3.63) is 42.1 Å². The van der Waals surface area contributed by atoms with Crippen molar-refractivity contribution in [3.63, 3.8) is 0 Å². The summed E-state index contributed by atoms with van der Waals surface area (Å²) in [5.74, 6) is -1.52. The summed E-state index contributed by atoms with van der Waals surface area (Å²) in [5, 5.41) is 11.6. The first-order valence-electron chi connectivity index (χ1n) is 5.01. The summed E-state index contributed by atoms with van der Waals surface area (Å²) in [6, 6.07) is 9.08. The second kappa shape index (κ2) is 4.61. The fraction of sp³-hybridized carbons (Fsp3) is 0.0833. The molecule has 17 heavy (non-hydrogen) atoms. The van der Waals surface area contributed by atoms with E-state index in [1.165, 1.54) is 6.20 Å². The second-order valence-corrected chi connectivity index (χ2v) is 3.49. The van der Waals surface area contributed by atoms with Crippen LogP contribution in [0.1, 0.15) is 10.4 Å². The van der Waals surface area contributed by atoms with E-state index in [4.69, 9.17) is 5.11 Å². The minimum atomic E-state index is -1.08. The quantitative estimate of drug-likeness (QED) is 0.826. The zero-order valence-corrected chi connectivity index (χ0v) is 8.88. The van der Waals surface area contributed by atoms with Crippen molar-refractivity contribution in [1.29, 1.82) is 0 Å². The topological polar surface area (TPSA) is 79.3 Å². The number of hydrogen-bond acceptors (Lipinski definition) is 3. The fourth-order valence-electron chi connectivity index (χ4n) is 1.45. The Morgan fingerprint density at radius 1 is 1.29 bits per heavy atom. The van der Waals surface area contributed by atoms with Crippen molar-refractivity contribution in [2.45, 2.75) is 0 Å². The highest BCUT2D eigenvalue weighted by molar-refractivity contribution is 5.98. The van der Waals surface area contributed by atoms with Gasteiger partial charge in [0, 0.05) is 11.6 Å². The SMILES string of the molecule is O=C(O)CNC(=O)c1cnc2ccccc2c1. The Labute approximate surface area is 97.1 Å². The molecule has 0 aliphatic carbocycles. The number of fused-ring (bicyclic) bond motifs is 1. The number of aromatic nitrogens is 1. The van der Waals surface area contributed by atoms with Crippen LogP contribution in [0.25, 0.3) is 10.9 Å². The van der Waals surface area contributed by atoms with E-state index in [1.807, 2.05) is 24.3 Å². The smallest absolute Gasteiger partial charge is 0.322 e. The molecule has 2 N–H and O–H groups in total. The van der Waals surface area contributed by atoms with Gasteiger partial charge in [0.1, 0.15) is 6.54 Å². The van der Waals surface area contributed by atoms with Gasteiger partial charge in [-0.05, 0) is 12.1 Å². The van der Waals surface area contributed by atoms with Crippen LogP contribution in [0.2, 0.25) is 0 Å². The summed E-state index contributed by atoms with van der Waals surface area (Å²) in [6.07, 6.45) is 1.43. The number of hydrogen-bond donors (Lipinski definition) is 2. The third-order valence-corrected chi connectivity index (χ3v) is 2.25. The first-order chi connectivity index (χ1) is 8.16. The highest BCUT2D eigenvalue weighted by Gasteiger charge is 2.08. The van der Waals surface area contributed by atoms with Crippen LogP contribution in [0.4, 0.5) is 0 Å². The monoisotopic (exact) mass is 230 g/mol. The molecule has 1 aromatic heterocycles. The van der Waals surface area contributed by atoms with E-state index in [1.54, 1.807) is 6.07 Å². The van der Waals surface area contributed by atoms with E-state index < -0.39 is 18.4 Å². The molecular formula is C12H10N2O3. The number of carbonyl (C=O) groups excluding carboxylic acids is 1. The maximum absolute atomic E-state index is 11.6. The maximum Gasteiger partial charge on any atom is 0.322 e. The number of amides is 1. The number of para-hydroxylation sites is 1. The first-order valence-corrected chi connectivity index (χ1v) is 5.01. The molecule has 1 heterocycles. The average molecular weight is 230 g/mol. The summed E-state index contributed by atoms with van der Waals surface area (Å²) < 4.78 is 0. The van der Waals surface area contributed by atoms with Crippen LogP contribution in [0.15, 0.2) is 36.5 Å². The van der Waals surface area contributed by atoms with Crippen molar-refractivity contribution < 1.29 is 14.7 Å². The number of carboxylic acids is 1. The van der Waals surface area contributed by atoms with Gasteiger partial charge in [-0.1, -0.05) is 18.2 Å². The molecule has 86 valence electrons. The molecule has 0 unspecified atom stereocenters. The number of rotatable bonds is 3. The largest absolute Gasteiger partial charge is 0.480 e. The Morgan fingerprint density at radius 2 is 2.06 bits per heavy atom. The molecule has 0 saturated heterocycles. The Morgan fingerprint density at radius 3 is 2.82 bits per heavy atom. The number of carbonyl (C=O) groups is 2. The van der Waals surface area contributed by atoms with Crippen LogP contribution in [0, 0.1) is 0 Å². The second-order valence-electron chi connectivity index (χ2n) is 3.49. The van der Waals surface area contributed by atoms with Crippen LogP contribution < -0.4 is 5.32 Å². The molecule has 0 spiro atoms. The Balaban J connectivity index is 2.24. The van der Waals surface area contributed by atoms with E-state index in [0.717, 1.165) is 10.9 Å². The Kier molecular flexibility index (Phi) is 3.00. The Hall–Kier alpha value is -2.43. The Bertz CT molecular complexity index is 581. The lowest BCUT2D eigenvalue weighted by Gasteiger charge is -2.03. The molecular weight excluding hydrogens is 220 g/mol. The molecule has 5 nitrogen and oxygen atoms in total. The normalized spacial score (nSPS) is 10.1. The molecule has 5 heteroatoms. The summed E-state index contributed by atoms with van der Waals surface area (Å²) in [6.45, 7) is -0.397. The van der Waals surface area contributed by atoms with Crippen molar-refractivity contribution in [1.82, 2.24) is 10.3 Å². The molecule has 0 fully saturated rings. The van der Waals surface area contributed by atoms with Crippen molar-refractivity contribution in [2.24, 2.45) is 0 Å². The molecule has 0 radical (unpaired) electrons. The van der Waals surface area contributed by atoms with E-state index in [0.29, 0.717) is 5.56 Å². The van der Waals surface area contributed by atoms with Gasteiger partial charge in [0.2, 0.25) is 0 Å². The highest BCUT2D eigenvalue weighted by Crippen LogP contribution is 2.12. The minimum absolute atomic E-state index is 0.352. The molecule has 0 aliphatic heterocycles. The summed E-state index contributed by atoms with van der Waals surface area (Å²) in [7, 11) is 0. The lowest BCUT2D eigenvalue weighted by Crippen LogP contribution is -2.29. The minimum Gasteiger partial charge on any atom is -0.480 e. The van der Waals surface area contributed by atoms with E-state index >= 15 is 0 Å². The third-order valence-electron chi connectivity index (χ3n) is 2.25. The predicted octanol–water partition coefficient (Wildman–Crippen LogP) is 1.05. The van der Waals surface area contributed by atoms with Gasteiger partial charge in [-0.25, -0.2) is 0 Å². The molecule has 0 saturated carbocycles. The average Bonchev–Trinajstić information content (AvgIpc) is 2.35. The van der Waals surface area contributed by atoms with Crippen LogP contribution >= 0.6 is 0 Å². The molecule has 0 atom stereocenters. The molecule has 2 aromatic rings. The van der Waals surface area contributed by atoms with Gasteiger partial charge in [0.25, 0.3) is 5.91 Å². The molecule has 1 aromatic carbocycles. The van der Waals surface area contributed by atoms with Crippen LogP contribution in [-0.4, -0.2) is 28.5 Å². The third kappa shape index (κ3) is 2.57. The van der Waals surface area contributed by atoms with Crippen LogP contribution in [-0.2, 0) is 4.79 Å². The molecule has 0 aliphatic rings. The summed E-state index contributed by atoms with van der Waals surface area (Å²) in [4.78, 5) is 26.0. The van der Waals surface area contributed by atoms with Gasteiger partial charge in [-0.15, -0.1) is 0 Å².